The van der Waals surface area contributed by atoms with E-state index in [-0.39, 0.29) is 5.92 Å². The lowest BCUT2D eigenvalue weighted by molar-refractivity contribution is -0.121. The molecule has 0 amide bonds. The van der Waals surface area contributed by atoms with E-state index in [0.29, 0.717) is 12.3 Å². The molecule has 2 heteroatoms. The molecule has 1 heterocycles. The molecule has 1 aliphatic heterocycles. The smallest absolute Gasteiger partial charge is 0.158 e. The Bertz CT molecular complexity index is 548. The topological polar surface area (TPSA) is 20.3 Å². The van der Waals surface area contributed by atoms with Crippen LogP contribution in [-0.4, -0.2) is 30.3 Å². The summed E-state index contributed by atoms with van der Waals surface area (Å²) in [6.07, 6.45) is 3.73. The van der Waals surface area contributed by atoms with Gasteiger partial charge < -0.3 is 0 Å². The number of piperidine rings is 1. The first-order valence-electron chi connectivity index (χ1n) is 8.19. The normalized spacial score (nSPS) is 15.9. The third kappa shape index (κ3) is 3.63. The van der Waals surface area contributed by atoms with Crippen LogP contribution in [-0.2, 0) is 4.79 Å². The average Bonchev–Trinajstić information content (AvgIpc) is 2.58. The monoisotopic (exact) mass is 293 g/mol. The van der Waals surface area contributed by atoms with Crippen molar-refractivity contribution in [2.24, 2.45) is 0 Å². The molecule has 0 N–H and O–H groups in total. The van der Waals surface area contributed by atoms with Crippen LogP contribution in [0.2, 0.25) is 0 Å². The Labute approximate surface area is 132 Å². The minimum atomic E-state index is -0.149. The summed E-state index contributed by atoms with van der Waals surface area (Å²) < 4.78 is 0. The first kappa shape index (κ1) is 15.0. The SMILES string of the molecule is O=C(CN1CCCCC1)C(c1ccccc1)c1ccccc1. The van der Waals surface area contributed by atoms with Crippen molar-refractivity contribution < 1.29 is 4.79 Å². The molecule has 0 bridgehead atoms. The molecule has 2 nitrogen and oxygen atoms in total. The minimum Gasteiger partial charge on any atom is -0.297 e. The van der Waals surface area contributed by atoms with Gasteiger partial charge in [-0.1, -0.05) is 67.1 Å². The van der Waals surface area contributed by atoms with E-state index in [1.807, 2.05) is 36.4 Å². The van der Waals surface area contributed by atoms with Crippen molar-refractivity contribution in [3.8, 4) is 0 Å². The molecule has 0 spiro atoms. The van der Waals surface area contributed by atoms with Gasteiger partial charge in [-0.25, -0.2) is 0 Å². The van der Waals surface area contributed by atoms with Crippen LogP contribution >= 0.6 is 0 Å². The molecule has 0 unspecified atom stereocenters. The lowest BCUT2D eigenvalue weighted by Crippen LogP contribution is -2.36. The molecule has 0 radical (unpaired) electrons. The second kappa shape index (κ2) is 7.37. The Morgan fingerprint density at radius 2 is 1.32 bits per heavy atom. The van der Waals surface area contributed by atoms with E-state index in [4.69, 9.17) is 0 Å². The van der Waals surface area contributed by atoms with Gasteiger partial charge in [-0.2, -0.15) is 0 Å². The first-order valence-corrected chi connectivity index (χ1v) is 8.19. The Kier molecular flexibility index (Phi) is 5.02. The predicted molar refractivity (Wildman–Crippen MR) is 90.0 cm³/mol. The second-order valence-electron chi connectivity index (χ2n) is 6.06. The van der Waals surface area contributed by atoms with Crippen molar-refractivity contribution in [2.45, 2.75) is 25.2 Å². The van der Waals surface area contributed by atoms with Crippen molar-refractivity contribution >= 4 is 5.78 Å². The number of benzene rings is 2. The fourth-order valence-corrected chi connectivity index (χ4v) is 3.28. The molecule has 22 heavy (non-hydrogen) atoms. The maximum absolute atomic E-state index is 13.0. The van der Waals surface area contributed by atoms with Crippen molar-refractivity contribution in [1.29, 1.82) is 0 Å². The summed E-state index contributed by atoms with van der Waals surface area (Å²) in [5, 5.41) is 0. The summed E-state index contributed by atoms with van der Waals surface area (Å²) in [6, 6.07) is 20.3. The molecule has 0 atom stereocenters. The number of Topliss-reactive ketones (excluding diaryl/α,β-unsaturated/α-hetero) is 1. The van der Waals surface area contributed by atoms with Crippen LogP contribution in [0.3, 0.4) is 0 Å². The van der Waals surface area contributed by atoms with Crippen LogP contribution in [0.5, 0.6) is 0 Å². The molecule has 1 aliphatic rings. The standard InChI is InChI=1S/C20H23NO/c22-19(16-21-14-8-3-9-15-21)20(17-10-4-1-5-11-17)18-12-6-2-7-13-18/h1-2,4-7,10-13,20H,3,8-9,14-16H2. The van der Waals surface area contributed by atoms with Crippen molar-refractivity contribution in [2.75, 3.05) is 19.6 Å². The Morgan fingerprint density at radius 3 is 1.82 bits per heavy atom. The number of hydrogen-bond donors (Lipinski definition) is 0. The Morgan fingerprint density at radius 1 is 0.818 bits per heavy atom. The molecule has 0 aliphatic carbocycles. The minimum absolute atomic E-state index is 0.149. The lowest BCUT2D eigenvalue weighted by atomic mass is 9.87. The zero-order valence-electron chi connectivity index (χ0n) is 12.9. The lowest BCUT2D eigenvalue weighted by Gasteiger charge is -2.27. The van der Waals surface area contributed by atoms with Gasteiger partial charge in [0.15, 0.2) is 5.78 Å². The number of carbonyl (C=O) groups is 1. The Hall–Kier alpha value is -1.93. The largest absolute Gasteiger partial charge is 0.297 e. The van der Waals surface area contributed by atoms with Gasteiger partial charge in [0.25, 0.3) is 0 Å². The highest BCUT2D eigenvalue weighted by Crippen LogP contribution is 2.26. The van der Waals surface area contributed by atoms with Gasteiger partial charge in [0.1, 0.15) is 0 Å². The number of rotatable bonds is 5. The number of ketones is 1. The van der Waals surface area contributed by atoms with Crippen LogP contribution in [0, 0.1) is 0 Å². The van der Waals surface area contributed by atoms with Crippen LogP contribution in [0.1, 0.15) is 36.3 Å². The predicted octanol–water partition coefficient (Wildman–Crippen LogP) is 3.87. The summed E-state index contributed by atoms with van der Waals surface area (Å²) >= 11 is 0. The van der Waals surface area contributed by atoms with Gasteiger partial charge in [-0.3, -0.25) is 9.69 Å². The molecular formula is C20H23NO. The van der Waals surface area contributed by atoms with Crippen LogP contribution in [0.25, 0.3) is 0 Å². The third-order valence-electron chi connectivity index (χ3n) is 4.42. The van der Waals surface area contributed by atoms with E-state index < -0.39 is 0 Å². The fraction of sp³-hybridized carbons (Fsp3) is 0.350. The number of likely N-dealkylation sites (tertiary alicyclic amines) is 1. The quantitative estimate of drug-likeness (QED) is 0.834. The molecular weight excluding hydrogens is 270 g/mol. The third-order valence-corrected chi connectivity index (χ3v) is 4.42. The van der Waals surface area contributed by atoms with E-state index in [1.165, 1.54) is 19.3 Å². The summed E-state index contributed by atoms with van der Waals surface area (Å²) in [4.78, 5) is 15.3. The zero-order chi connectivity index (χ0) is 15.2. The first-order chi connectivity index (χ1) is 10.8. The highest BCUT2D eigenvalue weighted by molar-refractivity contribution is 5.90. The number of carbonyl (C=O) groups excluding carboxylic acids is 1. The summed E-state index contributed by atoms with van der Waals surface area (Å²) in [6.45, 7) is 2.68. The van der Waals surface area contributed by atoms with Crippen LogP contribution in [0.15, 0.2) is 60.7 Å². The molecule has 3 rings (SSSR count). The summed E-state index contributed by atoms with van der Waals surface area (Å²) in [5.74, 6) is 0.156. The van der Waals surface area contributed by atoms with E-state index >= 15 is 0 Å². The summed E-state index contributed by atoms with van der Waals surface area (Å²) in [7, 11) is 0. The Balaban J connectivity index is 1.83. The van der Waals surface area contributed by atoms with Crippen LogP contribution < -0.4 is 0 Å². The zero-order valence-corrected chi connectivity index (χ0v) is 12.9. The number of hydrogen-bond acceptors (Lipinski definition) is 2. The van der Waals surface area contributed by atoms with Gasteiger partial charge in [-0.05, 0) is 37.1 Å². The van der Waals surface area contributed by atoms with E-state index in [1.54, 1.807) is 0 Å². The molecule has 1 fully saturated rings. The van der Waals surface area contributed by atoms with E-state index in [0.717, 1.165) is 24.2 Å². The van der Waals surface area contributed by atoms with Crippen molar-refractivity contribution in [1.82, 2.24) is 4.90 Å². The molecule has 0 aromatic heterocycles. The highest BCUT2D eigenvalue weighted by atomic mass is 16.1. The van der Waals surface area contributed by atoms with Crippen molar-refractivity contribution in [3.63, 3.8) is 0 Å². The maximum Gasteiger partial charge on any atom is 0.158 e. The van der Waals surface area contributed by atoms with Crippen molar-refractivity contribution in [3.05, 3.63) is 71.8 Å². The second-order valence-corrected chi connectivity index (χ2v) is 6.06. The molecule has 0 saturated carbocycles. The van der Waals surface area contributed by atoms with Crippen LogP contribution in [0.4, 0.5) is 0 Å². The van der Waals surface area contributed by atoms with Gasteiger partial charge >= 0.3 is 0 Å². The molecule has 114 valence electrons. The van der Waals surface area contributed by atoms with Gasteiger partial charge in [0.05, 0.1) is 12.5 Å². The molecule has 1 saturated heterocycles. The average molecular weight is 293 g/mol. The molecule has 2 aromatic carbocycles. The molecule has 2 aromatic rings. The van der Waals surface area contributed by atoms with E-state index in [2.05, 4.69) is 29.2 Å². The van der Waals surface area contributed by atoms with Gasteiger partial charge in [0, 0.05) is 0 Å². The van der Waals surface area contributed by atoms with E-state index in [9.17, 15) is 4.79 Å². The highest BCUT2D eigenvalue weighted by Gasteiger charge is 2.24. The fourth-order valence-electron chi connectivity index (χ4n) is 3.28. The summed E-state index contributed by atoms with van der Waals surface area (Å²) in [5.41, 5.74) is 2.19. The van der Waals surface area contributed by atoms with Gasteiger partial charge in [-0.15, -0.1) is 0 Å². The maximum atomic E-state index is 13.0. The van der Waals surface area contributed by atoms with Gasteiger partial charge in [0.2, 0.25) is 0 Å². The number of nitrogens with zero attached hydrogens (tertiary/aromatic N) is 1.